The number of carbonyl (C=O) groups is 1. The smallest absolute Gasteiger partial charge is 0.457 e. The Kier molecular flexibility index (Phi) is 39.5. The Morgan fingerprint density at radius 1 is 0.582 bits per heavy atom. The van der Waals surface area contributed by atoms with E-state index in [1.165, 1.54) is 64.2 Å². The van der Waals surface area contributed by atoms with E-state index in [2.05, 4.69) is 80.7 Å². The van der Waals surface area contributed by atoms with Crippen LogP contribution in [0, 0.1) is 0 Å². The van der Waals surface area contributed by atoms with Gasteiger partial charge in [-0.05, 0) is 70.6 Å². The molecule has 10 heteroatoms. The number of unbranched alkanes of at least 4 members (excludes halogenated alkanes) is 12. The fourth-order valence-corrected chi connectivity index (χ4v) is 5.96. The number of carbonyl (C=O) groups excluding carboxylic acids is 1. The maximum atomic E-state index is 12.5. The zero-order chi connectivity index (χ0) is 40.3. The number of aliphatic hydroxyl groups excluding tert-OH is 2. The highest BCUT2D eigenvalue weighted by atomic mass is 31.2. The van der Waals surface area contributed by atoms with Gasteiger partial charge in [0, 0.05) is 6.61 Å². The number of hydrogen-bond donors (Lipinski definition) is 3. The zero-order valence-electron chi connectivity index (χ0n) is 34.4. The van der Waals surface area contributed by atoms with Crippen molar-refractivity contribution in [2.75, 3.05) is 33.0 Å². The number of phosphoric acid groups is 1. The molecule has 55 heavy (non-hydrogen) atoms. The van der Waals surface area contributed by atoms with E-state index < -0.39 is 45.8 Å². The van der Waals surface area contributed by atoms with E-state index in [1.54, 1.807) is 6.08 Å². The third kappa shape index (κ3) is 41.1. The minimum atomic E-state index is -4.55. The lowest BCUT2D eigenvalue weighted by molar-refractivity contribution is -0.153. The van der Waals surface area contributed by atoms with Gasteiger partial charge in [0.2, 0.25) is 0 Å². The first-order valence-electron chi connectivity index (χ1n) is 21.1. The number of esters is 1. The van der Waals surface area contributed by atoms with Crippen molar-refractivity contribution in [3.8, 4) is 0 Å². The van der Waals surface area contributed by atoms with Crippen molar-refractivity contribution < 1.29 is 43.0 Å². The molecule has 0 rings (SSSR count). The molecular formula is C45H77O9P. The van der Waals surface area contributed by atoms with E-state index in [0.29, 0.717) is 13.0 Å². The number of phosphoric ester groups is 1. The highest BCUT2D eigenvalue weighted by molar-refractivity contribution is 7.47. The highest BCUT2D eigenvalue weighted by Gasteiger charge is 2.26. The molecule has 3 N–H and O–H groups in total. The Morgan fingerprint density at radius 2 is 1.04 bits per heavy atom. The van der Waals surface area contributed by atoms with Crippen LogP contribution in [0.1, 0.15) is 149 Å². The summed E-state index contributed by atoms with van der Waals surface area (Å²) < 4.78 is 33.2. The van der Waals surface area contributed by atoms with Gasteiger partial charge in [0.05, 0.1) is 32.8 Å². The van der Waals surface area contributed by atoms with Gasteiger partial charge in [0.15, 0.2) is 0 Å². The quantitative estimate of drug-likeness (QED) is 0.0241. The van der Waals surface area contributed by atoms with Crippen molar-refractivity contribution in [3.63, 3.8) is 0 Å². The van der Waals surface area contributed by atoms with Crippen LogP contribution in [0.25, 0.3) is 0 Å². The Hall–Kier alpha value is -2.36. The van der Waals surface area contributed by atoms with Gasteiger partial charge < -0.3 is 24.6 Å². The number of rotatable bonds is 39. The van der Waals surface area contributed by atoms with E-state index in [1.807, 2.05) is 12.2 Å². The van der Waals surface area contributed by atoms with Crippen molar-refractivity contribution in [1.82, 2.24) is 0 Å². The molecule has 0 spiro atoms. The van der Waals surface area contributed by atoms with Crippen LogP contribution in [-0.2, 0) is 27.9 Å². The largest absolute Gasteiger partial charge is 0.472 e. The van der Waals surface area contributed by atoms with Gasteiger partial charge in [-0.25, -0.2) is 4.57 Å². The lowest BCUT2D eigenvalue weighted by atomic mass is 10.1. The lowest BCUT2D eigenvalue weighted by Crippen LogP contribution is -2.28. The van der Waals surface area contributed by atoms with Gasteiger partial charge in [0.25, 0.3) is 0 Å². The summed E-state index contributed by atoms with van der Waals surface area (Å²) >= 11 is 0. The first-order chi connectivity index (χ1) is 26.8. The standard InChI is InChI=1S/C45H77O9P/c1-3-5-7-9-11-13-15-17-19-20-21-22-24-26-28-30-32-34-36-38-51-41-44(42-53-55(49,50)52-40-43(47)39-46)54-45(48)37-35-33-31-29-27-25-23-18-16-14-12-10-8-6-4-2/h6,8,12-15,18-20,23,27,29,33,35,43-44,46-47H,3-5,7,9-11,16-17,21-22,24-26,28,30-32,34,36-42H2,1-2H3,(H,49,50)/b8-6-,14-12-,15-13-,20-19-,23-18-,29-27-,35-33-. The van der Waals surface area contributed by atoms with Gasteiger partial charge in [-0.3, -0.25) is 13.8 Å². The van der Waals surface area contributed by atoms with Crippen LogP contribution < -0.4 is 0 Å². The summed E-state index contributed by atoms with van der Waals surface area (Å²) in [5, 5.41) is 18.3. The van der Waals surface area contributed by atoms with E-state index in [-0.39, 0.29) is 13.0 Å². The zero-order valence-corrected chi connectivity index (χ0v) is 35.3. The Labute approximate surface area is 335 Å². The average Bonchev–Trinajstić information content (AvgIpc) is 3.18. The van der Waals surface area contributed by atoms with Crippen LogP contribution in [-0.4, -0.2) is 66.3 Å². The van der Waals surface area contributed by atoms with Crippen LogP contribution in [0.2, 0.25) is 0 Å². The molecule has 316 valence electrons. The minimum absolute atomic E-state index is 0.000449. The summed E-state index contributed by atoms with van der Waals surface area (Å²) in [6.07, 6.45) is 50.0. The number of aliphatic hydroxyl groups is 2. The van der Waals surface area contributed by atoms with Crippen molar-refractivity contribution in [2.24, 2.45) is 0 Å². The topological polar surface area (TPSA) is 132 Å². The molecule has 3 unspecified atom stereocenters. The third-order valence-corrected chi connectivity index (χ3v) is 9.30. The Balaban J connectivity index is 4.32. The summed E-state index contributed by atoms with van der Waals surface area (Å²) in [5.74, 6) is -0.514. The first kappa shape index (κ1) is 52.6. The highest BCUT2D eigenvalue weighted by Crippen LogP contribution is 2.43. The minimum Gasteiger partial charge on any atom is -0.457 e. The molecule has 0 aliphatic heterocycles. The fourth-order valence-electron chi connectivity index (χ4n) is 5.17. The van der Waals surface area contributed by atoms with Crippen LogP contribution in [0.4, 0.5) is 0 Å². The van der Waals surface area contributed by atoms with E-state index in [4.69, 9.17) is 23.6 Å². The summed E-state index contributed by atoms with van der Waals surface area (Å²) in [7, 11) is -4.55. The van der Waals surface area contributed by atoms with Gasteiger partial charge in [-0.1, -0.05) is 157 Å². The van der Waals surface area contributed by atoms with Crippen LogP contribution in [0.15, 0.2) is 85.1 Å². The summed E-state index contributed by atoms with van der Waals surface area (Å²) in [6.45, 7) is 3.22. The number of ether oxygens (including phenoxy) is 2. The average molecular weight is 793 g/mol. The van der Waals surface area contributed by atoms with E-state index >= 15 is 0 Å². The molecule has 0 aromatic rings. The molecule has 0 radical (unpaired) electrons. The molecule has 0 saturated heterocycles. The fraction of sp³-hybridized carbons (Fsp3) is 0.667. The van der Waals surface area contributed by atoms with Crippen molar-refractivity contribution in [3.05, 3.63) is 85.1 Å². The second-order valence-electron chi connectivity index (χ2n) is 13.6. The third-order valence-electron chi connectivity index (χ3n) is 8.35. The molecule has 0 amide bonds. The normalized spacial score (nSPS) is 14.9. The van der Waals surface area contributed by atoms with Crippen LogP contribution >= 0.6 is 7.82 Å². The van der Waals surface area contributed by atoms with Crippen molar-refractivity contribution >= 4 is 13.8 Å². The Bertz CT molecular complexity index is 1130. The first-order valence-corrected chi connectivity index (χ1v) is 22.6. The maximum Gasteiger partial charge on any atom is 0.472 e. The number of allylic oxidation sites excluding steroid dienone is 13. The van der Waals surface area contributed by atoms with Crippen molar-refractivity contribution in [1.29, 1.82) is 0 Å². The molecular weight excluding hydrogens is 715 g/mol. The SMILES string of the molecule is CC/C=C\C/C=C\C/C=C\C/C=C\C/C=C\CC(=O)OC(COCCCCCCCCCC/C=C\C/C=C\CCCCCC)COP(=O)(O)OCC(O)CO. The second-order valence-corrected chi connectivity index (χ2v) is 15.1. The number of hydrogen-bond acceptors (Lipinski definition) is 8. The van der Waals surface area contributed by atoms with Crippen LogP contribution in [0.3, 0.4) is 0 Å². The molecule has 3 atom stereocenters. The second kappa shape index (κ2) is 41.3. The summed E-state index contributed by atoms with van der Waals surface area (Å²) in [6, 6.07) is 0. The van der Waals surface area contributed by atoms with Crippen LogP contribution in [0.5, 0.6) is 0 Å². The summed E-state index contributed by atoms with van der Waals surface area (Å²) in [5.41, 5.74) is 0. The predicted octanol–water partition coefficient (Wildman–Crippen LogP) is 11.5. The Morgan fingerprint density at radius 3 is 1.56 bits per heavy atom. The molecule has 0 fully saturated rings. The van der Waals surface area contributed by atoms with Gasteiger partial charge >= 0.3 is 13.8 Å². The molecule has 9 nitrogen and oxygen atoms in total. The maximum absolute atomic E-state index is 12.5. The van der Waals surface area contributed by atoms with Gasteiger partial charge in [0.1, 0.15) is 12.2 Å². The molecule has 0 aliphatic rings. The van der Waals surface area contributed by atoms with E-state index in [9.17, 15) is 19.4 Å². The van der Waals surface area contributed by atoms with E-state index in [0.717, 1.165) is 57.8 Å². The molecule has 0 bridgehead atoms. The molecule has 0 aromatic heterocycles. The van der Waals surface area contributed by atoms with Gasteiger partial charge in [-0.15, -0.1) is 0 Å². The molecule has 0 heterocycles. The molecule has 0 aliphatic carbocycles. The van der Waals surface area contributed by atoms with Crippen molar-refractivity contribution in [2.45, 2.75) is 161 Å². The molecule has 0 aromatic carbocycles. The molecule has 0 saturated carbocycles. The lowest BCUT2D eigenvalue weighted by Gasteiger charge is -2.20. The summed E-state index contributed by atoms with van der Waals surface area (Å²) in [4.78, 5) is 22.5. The monoisotopic (exact) mass is 793 g/mol. The van der Waals surface area contributed by atoms with Gasteiger partial charge in [-0.2, -0.15) is 0 Å². The predicted molar refractivity (Wildman–Crippen MR) is 228 cm³/mol.